The lowest BCUT2D eigenvalue weighted by molar-refractivity contribution is -0.124. The topological polar surface area (TPSA) is 104 Å². The Labute approximate surface area is 103 Å². The Bertz CT molecular complexity index is 558. The quantitative estimate of drug-likeness (QED) is 0.683. The number of H-pyrrole nitrogens is 1. The van der Waals surface area contributed by atoms with Crippen molar-refractivity contribution in [3.63, 3.8) is 0 Å². The molecule has 0 aliphatic rings. The summed E-state index contributed by atoms with van der Waals surface area (Å²) in [5.74, 6) is -0.872. The third-order valence-corrected chi connectivity index (χ3v) is 2.66. The lowest BCUT2D eigenvalue weighted by atomic mass is 10.2. The van der Waals surface area contributed by atoms with Crippen molar-refractivity contribution >= 4 is 5.91 Å². The summed E-state index contributed by atoms with van der Waals surface area (Å²) in [6, 6.07) is -0.889. The van der Waals surface area contributed by atoms with Gasteiger partial charge in [0, 0.05) is 6.54 Å². The molecule has 0 aromatic carbocycles. The second kappa shape index (κ2) is 5.52. The number of rotatable bonds is 4. The molecule has 0 radical (unpaired) electrons. The minimum atomic E-state index is -0.889. The highest BCUT2D eigenvalue weighted by Crippen LogP contribution is 2.14. The fourth-order valence-electron chi connectivity index (χ4n) is 1.50. The van der Waals surface area contributed by atoms with E-state index in [1.807, 2.05) is 6.92 Å². The molecule has 0 spiro atoms. The molecule has 7 heteroatoms. The number of carbonyl (C=O) groups excluding carboxylic acids is 1. The van der Waals surface area contributed by atoms with Gasteiger partial charge in [-0.05, 0) is 20.3 Å². The van der Waals surface area contributed by atoms with Crippen LogP contribution in [0.25, 0.3) is 0 Å². The van der Waals surface area contributed by atoms with E-state index in [2.05, 4.69) is 10.3 Å². The van der Waals surface area contributed by atoms with Crippen molar-refractivity contribution < 1.29 is 9.90 Å². The maximum absolute atomic E-state index is 11.7. The van der Waals surface area contributed by atoms with Crippen LogP contribution in [0.3, 0.4) is 0 Å². The first-order valence-corrected chi connectivity index (χ1v) is 5.72. The molecule has 1 rings (SSSR count). The molecular formula is C11H17N3O4. The maximum Gasteiger partial charge on any atom is 0.331 e. The van der Waals surface area contributed by atoms with Gasteiger partial charge in [0.05, 0.1) is 5.56 Å². The zero-order valence-electron chi connectivity index (χ0n) is 10.6. The Balaban J connectivity index is 3.18. The standard InChI is InChI=1S/C11H17N3O4/c1-4-5-12-9(16)7(3)14-10(17)6(2)8(15)13-11(14)18/h7,17H,4-5H2,1-3H3,(H,12,16)(H,13,15,18). The number of aromatic hydroxyl groups is 1. The minimum absolute atomic E-state index is 0.00439. The van der Waals surface area contributed by atoms with Gasteiger partial charge in [0.2, 0.25) is 11.8 Å². The number of hydrogen-bond acceptors (Lipinski definition) is 4. The molecule has 1 aromatic rings. The summed E-state index contributed by atoms with van der Waals surface area (Å²) in [5, 5.41) is 12.4. The maximum atomic E-state index is 11.7. The fourth-order valence-corrected chi connectivity index (χ4v) is 1.50. The number of aromatic amines is 1. The average molecular weight is 255 g/mol. The van der Waals surface area contributed by atoms with Crippen molar-refractivity contribution in [1.29, 1.82) is 0 Å². The SMILES string of the molecule is CCCNC(=O)C(C)n1c(O)c(C)c(=O)[nH]c1=O. The Morgan fingerprint density at radius 3 is 2.67 bits per heavy atom. The highest BCUT2D eigenvalue weighted by Gasteiger charge is 2.21. The lowest BCUT2D eigenvalue weighted by Gasteiger charge is -2.16. The summed E-state index contributed by atoms with van der Waals surface area (Å²) in [4.78, 5) is 36.6. The van der Waals surface area contributed by atoms with Crippen LogP contribution in [0.5, 0.6) is 5.88 Å². The molecule has 7 nitrogen and oxygen atoms in total. The van der Waals surface area contributed by atoms with Crippen LogP contribution in [-0.2, 0) is 4.79 Å². The predicted octanol–water partition coefficient (Wildman–Crippen LogP) is -0.362. The van der Waals surface area contributed by atoms with Crippen LogP contribution >= 0.6 is 0 Å². The number of aromatic nitrogens is 2. The number of carbonyl (C=O) groups is 1. The second-order valence-electron chi connectivity index (χ2n) is 4.04. The summed E-state index contributed by atoms with van der Waals surface area (Å²) < 4.78 is 0.863. The molecule has 0 aliphatic heterocycles. The third-order valence-electron chi connectivity index (χ3n) is 2.66. The highest BCUT2D eigenvalue weighted by molar-refractivity contribution is 5.80. The van der Waals surface area contributed by atoms with Crippen LogP contribution in [-0.4, -0.2) is 27.1 Å². The lowest BCUT2D eigenvalue weighted by Crippen LogP contribution is -2.39. The minimum Gasteiger partial charge on any atom is -0.494 e. The van der Waals surface area contributed by atoms with Crippen molar-refractivity contribution in [2.24, 2.45) is 0 Å². The van der Waals surface area contributed by atoms with E-state index in [1.54, 1.807) is 0 Å². The van der Waals surface area contributed by atoms with E-state index in [4.69, 9.17) is 0 Å². The largest absolute Gasteiger partial charge is 0.494 e. The third kappa shape index (κ3) is 2.61. The molecule has 18 heavy (non-hydrogen) atoms. The van der Waals surface area contributed by atoms with Crippen LogP contribution in [0.1, 0.15) is 31.9 Å². The highest BCUT2D eigenvalue weighted by atomic mass is 16.3. The van der Waals surface area contributed by atoms with Gasteiger partial charge in [0.1, 0.15) is 6.04 Å². The van der Waals surface area contributed by atoms with Gasteiger partial charge in [-0.15, -0.1) is 0 Å². The molecule has 3 N–H and O–H groups in total. The first kappa shape index (κ1) is 14.0. The Hall–Kier alpha value is -2.05. The molecule has 1 atom stereocenters. The van der Waals surface area contributed by atoms with E-state index in [-0.39, 0.29) is 11.5 Å². The normalized spacial score (nSPS) is 12.2. The smallest absolute Gasteiger partial charge is 0.331 e. The Morgan fingerprint density at radius 2 is 2.11 bits per heavy atom. The van der Waals surface area contributed by atoms with Crippen LogP contribution in [0.15, 0.2) is 9.59 Å². The molecule has 0 bridgehead atoms. The van der Waals surface area contributed by atoms with Gasteiger partial charge in [-0.3, -0.25) is 19.1 Å². The molecule has 0 aliphatic carbocycles. The van der Waals surface area contributed by atoms with E-state index in [0.717, 1.165) is 11.0 Å². The number of hydrogen-bond donors (Lipinski definition) is 3. The molecule has 0 saturated heterocycles. The average Bonchev–Trinajstić information content (AvgIpc) is 2.33. The summed E-state index contributed by atoms with van der Waals surface area (Å²) in [6.07, 6.45) is 0.768. The van der Waals surface area contributed by atoms with Crippen molar-refractivity contribution in [3.05, 3.63) is 26.4 Å². The van der Waals surface area contributed by atoms with Crippen molar-refractivity contribution in [3.8, 4) is 5.88 Å². The van der Waals surface area contributed by atoms with E-state index < -0.39 is 23.2 Å². The van der Waals surface area contributed by atoms with Crippen LogP contribution in [0.2, 0.25) is 0 Å². The molecule has 1 unspecified atom stereocenters. The number of amides is 1. The number of nitrogens with one attached hydrogen (secondary N) is 2. The van der Waals surface area contributed by atoms with Crippen molar-refractivity contribution in [2.45, 2.75) is 33.2 Å². The predicted molar refractivity (Wildman–Crippen MR) is 65.7 cm³/mol. The summed E-state index contributed by atoms with van der Waals surface area (Å²) in [5.41, 5.74) is -1.46. The first-order chi connectivity index (χ1) is 8.40. The zero-order chi connectivity index (χ0) is 13.9. The van der Waals surface area contributed by atoms with Gasteiger partial charge < -0.3 is 10.4 Å². The van der Waals surface area contributed by atoms with E-state index in [0.29, 0.717) is 6.54 Å². The van der Waals surface area contributed by atoms with Gasteiger partial charge in [0.25, 0.3) is 5.56 Å². The van der Waals surface area contributed by atoms with Crippen LogP contribution < -0.4 is 16.6 Å². The molecule has 0 saturated carbocycles. The van der Waals surface area contributed by atoms with E-state index >= 15 is 0 Å². The number of nitrogens with zero attached hydrogens (tertiary/aromatic N) is 1. The molecule has 0 fully saturated rings. The van der Waals surface area contributed by atoms with E-state index in [1.165, 1.54) is 13.8 Å². The molecule has 1 amide bonds. The van der Waals surface area contributed by atoms with Gasteiger partial charge in [-0.25, -0.2) is 4.79 Å². The first-order valence-electron chi connectivity index (χ1n) is 5.72. The van der Waals surface area contributed by atoms with Crippen LogP contribution in [0, 0.1) is 6.92 Å². The van der Waals surface area contributed by atoms with E-state index in [9.17, 15) is 19.5 Å². The zero-order valence-corrected chi connectivity index (χ0v) is 10.6. The summed E-state index contributed by atoms with van der Waals surface area (Å²) in [7, 11) is 0. The van der Waals surface area contributed by atoms with Crippen LogP contribution in [0.4, 0.5) is 0 Å². The Kier molecular flexibility index (Phi) is 4.30. The second-order valence-corrected chi connectivity index (χ2v) is 4.04. The molecule has 1 heterocycles. The van der Waals surface area contributed by atoms with Crippen molar-refractivity contribution in [2.75, 3.05) is 6.54 Å². The van der Waals surface area contributed by atoms with Gasteiger partial charge in [0.15, 0.2) is 0 Å². The molecule has 100 valence electrons. The summed E-state index contributed by atoms with van der Waals surface area (Å²) >= 11 is 0. The van der Waals surface area contributed by atoms with Gasteiger partial charge in [-0.2, -0.15) is 0 Å². The molecule has 1 aromatic heterocycles. The molecular weight excluding hydrogens is 238 g/mol. The summed E-state index contributed by atoms with van der Waals surface area (Å²) in [6.45, 7) is 5.24. The van der Waals surface area contributed by atoms with Gasteiger partial charge >= 0.3 is 5.69 Å². The fraction of sp³-hybridized carbons (Fsp3) is 0.545. The monoisotopic (exact) mass is 255 g/mol. The van der Waals surface area contributed by atoms with Crippen molar-refractivity contribution in [1.82, 2.24) is 14.9 Å². The van der Waals surface area contributed by atoms with Gasteiger partial charge in [-0.1, -0.05) is 6.92 Å². The Morgan fingerprint density at radius 1 is 1.50 bits per heavy atom.